The number of nitrogen functional groups attached to an aromatic ring is 1. The fourth-order valence-electron chi connectivity index (χ4n) is 1.82. The number of rotatable bonds is 4. The summed E-state index contributed by atoms with van der Waals surface area (Å²) in [4.78, 5) is 11.4. The van der Waals surface area contributed by atoms with Crippen molar-refractivity contribution in [2.24, 2.45) is 0 Å². The van der Waals surface area contributed by atoms with Crippen LogP contribution in [0.1, 0.15) is 10.4 Å². The molecule has 0 heterocycles. The molecule has 0 fully saturated rings. The molecule has 8 heteroatoms. The summed E-state index contributed by atoms with van der Waals surface area (Å²) in [6.07, 6.45) is -4.73. The summed E-state index contributed by atoms with van der Waals surface area (Å²) in [5.74, 6) is -0.839. The van der Waals surface area contributed by atoms with Crippen molar-refractivity contribution in [3.05, 3.63) is 48.0 Å². The van der Waals surface area contributed by atoms with Crippen molar-refractivity contribution < 1.29 is 27.4 Å². The van der Waals surface area contributed by atoms with Gasteiger partial charge in [0.25, 0.3) is 0 Å². The smallest absolute Gasteiger partial charge is 0.465 e. The van der Waals surface area contributed by atoms with Crippen LogP contribution in [0.2, 0.25) is 0 Å². The highest BCUT2D eigenvalue weighted by molar-refractivity contribution is 5.92. The van der Waals surface area contributed by atoms with Crippen molar-refractivity contribution in [3.8, 4) is 5.75 Å². The predicted octanol–water partition coefficient (Wildman–Crippen LogP) is 3.70. The normalized spacial score (nSPS) is 11.0. The first-order valence-corrected chi connectivity index (χ1v) is 6.39. The van der Waals surface area contributed by atoms with Crippen LogP contribution in [0.5, 0.6) is 5.75 Å². The Morgan fingerprint density at radius 2 is 1.78 bits per heavy atom. The molecule has 0 atom stereocenters. The van der Waals surface area contributed by atoms with Crippen LogP contribution in [0.25, 0.3) is 0 Å². The zero-order chi connectivity index (χ0) is 17.0. The molecule has 2 aromatic carbocycles. The highest BCUT2D eigenvalue weighted by atomic mass is 19.4. The molecule has 0 radical (unpaired) electrons. The van der Waals surface area contributed by atoms with Gasteiger partial charge in [-0.25, -0.2) is 4.79 Å². The summed E-state index contributed by atoms with van der Waals surface area (Å²) in [7, 11) is 1.26. The molecule has 0 saturated carbocycles. The minimum Gasteiger partial charge on any atom is -0.465 e. The lowest BCUT2D eigenvalue weighted by Gasteiger charge is -2.12. The van der Waals surface area contributed by atoms with Gasteiger partial charge in [-0.15, -0.1) is 13.2 Å². The molecule has 0 bridgehead atoms. The first-order valence-electron chi connectivity index (χ1n) is 6.39. The summed E-state index contributed by atoms with van der Waals surface area (Å²) in [6.45, 7) is 0. The first kappa shape index (κ1) is 16.5. The molecule has 5 nitrogen and oxygen atoms in total. The Morgan fingerprint density at radius 1 is 1.13 bits per heavy atom. The lowest BCUT2D eigenvalue weighted by Crippen LogP contribution is -2.16. The van der Waals surface area contributed by atoms with Crippen LogP contribution >= 0.6 is 0 Å². The highest BCUT2D eigenvalue weighted by Gasteiger charge is 2.30. The lowest BCUT2D eigenvalue weighted by atomic mass is 10.1. The molecule has 2 aromatic rings. The fourth-order valence-corrected chi connectivity index (χ4v) is 1.82. The number of hydrogen-bond donors (Lipinski definition) is 2. The van der Waals surface area contributed by atoms with E-state index in [-0.39, 0.29) is 5.75 Å². The minimum atomic E-state index is -4.73. The Balaban J connectivity index is 2.12. The van der Waals surface area contributed by atoms with Gasteiger partial charge in [-0.2, -0.15) is 0 Å². The average Bonchev–Trinajstić information content (AvgIpc) is 2.49. The molecule has 0 aliphatic carbocycles. The van der Waals surface area contributed by atoms with Crippen molar-refractivity contribution in [2.75, 3.05) is 18.2 Å². The largest absolute Gasteiger partial charge is 0.573 e. The van der Waals surface area contributed by atoms with E-state index in [0.717, 1.165) is 0 Å². The number of carbonyl (C=O) groups excluding carboxylic acids is 1. The molecule has 0 amide bonds. The van der Waals surface area contributed by atoms with Crippen molar-refractivity contribution in [1.82, 2.24) is 0 Å². The lowest BCUT2D eigenvalue weighted by molar-refractivity contribution is -0.274. The Morgan fingerprint density at radius 3 is 2.30 bits per heavy atom. The summed E-state index contributed by atoms with van der Waals surface area (Å²) in [6, 6.07) is 9.70. The maximum absolute atomic E-state index is 12.1. The zero-order valence-corrected chi connectivity index (χ0v) is 12.0. The van der Waals surface area contributed by atoms with E-state index in [1.807, 2.05) is 0 Å². The summed E-state index contributed by atoms with van der Waals surface area (Å²) >= 11 is 0. The number of alkyl halides is 3. The zero-order valence-electron chi connectivity index (χ0n) is 12.0. The van der Waals surface area contributed by atoms with Gasteiger partial charge in [-0.1, -0.05) is 0 Å². The predicted molar refractivity (Wildman–Crippen MR) is 78.6 cm³/mol. The second kappa shape index (κ2) is 6.47. The molecule has 2 rings (SSSR count). The quantitative estimate of drug-likeness (QED) is 0.662. The summed E-state index contributed by atoms with van der Waals surface area (Å²) in [5, 5.41) is 2.93. The molecule has 122 valence electrons. The van der Waals surface area contributed by atoms with E-state index in [0.29, 0.717) is 22.6 Å². The standard InChI is InChI=1S/C15H13F3N2O3/c1-22-14(21)9-2-7-13(12(19)8-9)20-10-3-5-11(6-4-10)23-15(16,17)18/h2-8,20H,19H2,1H3. The molecule has 0 spiro atoms. The van der Waals surface area contributed by atoms with Gasteiger partial charge in [-0.3, -0.25) is 0 Å². The Labute approximate surface area is 129 Å². The molecule has 3 N–H and O–H groups in total. The monoisotopic (exact) mass is 326 g/mol. The number of hydrogen-bond acceptors (Lipinski definition) is 5. The van der Waals surface area contributed by atoms with Gasteiger partial charge in [0.15, 0.2) is 0 Å². The third kappa shape index (κ3) is 4.53. The van der Waals surface area contributed by atoms with Gasteiger partial charge in [0.1, 0.15) is 5.75 Å². The number of nitrogens with two attached hydrogens (primary N) is 1. The minimum absolute atomic E-state index is 0.295. The van der Waals surface area contributed by atoms with Gasteiger partial charge < -0.3 is 20.5 Å². The molecule has 0 aromatic heterocycles. The van der Waals surface area contributed by atoms with Crippen molar-refractivity contribution in [1.29, 1.82) is 0 Å². The Kier molecular flexibility index (Phi) is 4.63. The van der Waals surface area contributed by atoms with E-state index in [1.165, 1.54) is 43.5 Å². The van der Waals surface area contributed by atoms with Crippen LogP contribution in [0, 0.1) is 0 Å². The van der Waals surface area contributed by atoms with E-state index < -0.39 is 12.3 Å². The highest BCUT2D eigenvalue weighted by Crippen LogP contribution is 2.27. The van der Waals surface area contributed by atoms with E-state index in [1.54, 1.807) is 6.07 Å². The van der Waals surface area contributed by atoms with E-state index >= 15 is 0 Å². The Hall–Kier alpha value is -2.90. The summed E-state index contributed by atoms with van der Waals surface area (Å²) < 4.78 is 44.6. The molecule has 0 aliphatic heterocycles. The molecule has 0 unspecified atom stereocenters. The third-order valence-electron chi connectivity index (χ3n) is 2.84. The van der Waals surface area contributed by atoms with E-state index in [4.69, 9.17) is 5.73 Å². The third-order valence-corrected chi connectivity index (χ3v) is 2.84. The van der Waals surface area contributed by atoms with Crippen molar-refractivity contribution >= 4 is 23.0 Å². The number of methoxy groups -OCH3 is 1. The molecule has 0 aliphatic rings. The van der Waals surface area contributed by atoms with Gasteiger partial charge in [0.05, 0.1) is 24.0 Å². The number of carbonyl (C=O) groups is 1. The molecule has 0 saturated heterocycles. The van der Waals surface area contributed by atoms with Crippen LogP contribution in [0.15, 0.2) is 42.5 Å². The summed E-state index contributed by atoms with van der Waals surface area (Å²) in [5.41, 5.74) is 7.44. The molecular weight excluding hydrogens is 313 g/mol. The van der Waals surface area contributed by atoms with E-state index in [9.17, 15) is 18.0 Å². The van der Waals surface area contributed by atoms with Crippen molar-refractivity contribution in [2.45, 2.75) is 6.36 Å². The number of anilines is 3. The number of ether oxygens (including phenoxy) is 2. The van der Waals surface area contributed by atoms with Crippen LogP contribution in [0.4, 0.5) is 30.2 Å². The van der Waals surface area contributed by atoms with Gasteiger partial charge in [0, 0.05) is 5.69 Å². The van der Waals surface area contributed by atoms with Gasteiger partial charge in [-0.05, 0) is 42.5 Å². The van der Waals surface area contributed by atoms with Crippen LogP contribution in [0.3, 0.4) is 0 Å². The van der Waals surface area contributed by atoms with Gasteiger partial charge in [0.2, 0.25) is 0 Å². The fraction of sp³-hybridized carbons (Fsp3) is 0.133. The van der Waals surface area contributed by atoms with Crippen LogP contribution < -0.4 is 15.8 Å². The van der Waals surface area contributed by atoms with Gasteiger partial charge >= 0.3 is 12.3 Å². The number of halogens is 3. The maximum atomic E-state index is 12.1. The van der Waals surface area contributed by atoms with E-state index in [2.05, 4.69) is 14.8 Å². The topological polar surface area (TPSA) is 73.6 Å². The number of nitrogens with one attached hydrogen (secondary N) is 1. The second-order valence-electron chi connectivity index (χ2n) is 4.49. The van der Waals surface area contributed by atoms with Crippen LogP contribution in [-0.2, 0) is 4.74 Å². The SMILES string of the molecule is COC(=O)c1ccc(Nc2ccc(OC(F)(F)F)cc2)c(N)c1. The first-order chi connectivity index (χ1) is 10.8. The second-order valence-corrected chi connectivity index (χ2v) is 4.49. The average molecular weight is 326 g/mol. The number of benzene rings is 2. The maximum Gasteiger partial charge on any atom is 0.573 e. The molecule has 23 heavy (non-hydrogen) atoms. The molecular formula is C15H13F3N2O3. The van der Waals surface area contributed by atoms with Crippen molar-refractivity contribution in [3.63, 3.8) is 0 Å². The Bertz CT molecular complexity index is 700. The van der Waals surface area contributed by atoms with Crippen LogP contribution in [-0.4, -0.2) is 19.4 Å². The number of esters is 1.